The summed E-state index contributed by atoms with van der Waals surface area (Å²) < 4.78 is 65.2. The quantitative estimate of drug-likeness (QED) is 0.00886. The predicted molar refractivity (Wildman–Crippen MR) is 384 cm³/mol. The smallest absolute Gasteiger partial charge is 0.463 e. The van der Waals surface area contributed by atoms with Crippen LogP contribution in [0.25, 0.3) is 0 Å². The molecule has 101 heavy (non-hydrogen) atoms. The second-order valence-corrected chi connectivity index (χ2v) is 30.5. The van der Waals surface area contributed by atoms with Gasteiger partial charge < -0.3 is 89.1 Å². The second kappa shape index (κ2) is 56.9. The molecule has 2 aliphatic heterocycles. The number of carbonyl (C=O) groups is 3. The lowest BCUT2D eigenvalue weighted by Gasteiger charge is -2.49. The van der Waals surface area contributed by atoms with E-state index < -0.39 is 156 Å². The van der Waals surface area contributed by atoms with Crippen molar-refractivity contribution in [2.75, 3.05) is 26.4 Å². The molecule has 3 aliphatic rings. The minimum Gasteiger partial charge on any atom is -0.463 e. The van der Waals surface area contributed by atoms with Gasteiger partial charge in [-0.15, -0.1) is 0 Å². The molecule has 594 valence electrons. The van der Waals surface area contributed by atoms with Gasteiger partial charge >= 0.3 is 25.7 Å². The topological polar surface area (TPSA) is 374 Å². The SMILES string of the molecule is CCCCCCCCC/C=C\CCCCCC(=O)OCC1OC(OC2C(O)C(O)C(O)C(OC3OC(CO)C(O)C(O)C3O)C2OP(=O)(O)OCC(COC(=O)CCCCCCCCCCCCCCCCCC)OC(=O)CCCCCCCCC(C)CCCCCCCC)C(O)C(O)C1O. The molecular weight excluding hydrogens is 1330 g/mol. The Bertz CT molecular complexity index is 2150. The van der Waals surface area contributed by atoms with E-state index in [-0.39, 0.29) is 19.3 Å². The van der Waals surface area contributed by atoms with Crippen molar-refractivity contribution < 1.29 is 117 Å². The Balaban J connectivity index is 1.73. The van der Waals surface area contributed by atoms with Crippen molar-refractivity contribution in [1.29, 1.82) is 0 Å². The number of phosphoric ester groups is 1. The Morgan fingerprint density at radius 2 is 0.752 bits per heavy atom. The van der Waals surface area contributed by atoms with Crippen LogP contribution in [0.15, 0.2) is 12.2 Å². The van der Waals surface area contributed by atoms with Crippen molar-refractivity contribution >= 4 is 25.7 Å². The number of hydrogen-bond acceptors (Lipinski definition) is 23. The predicted octanol–water partition coefficient (Wildman–Crippen LogP) is 11.8. The maximum atomic E-state index is 14.4. The summed E-state index contributed by atoms with van der Waals surface area (Å²) in [5.74, 6) is -1.31. The minimum atomic E-state index is -5.70. The van der Waals surface area contributed by atoms with Crippen molar-refractivity contribution in [2.24, 2.45) is 5.92 Å². The number of rotatable bonds is 62. The molecule has 11 N–H and O–H groups in total. The van der Waals surface area contributed by atoms with E-state index in [4.69, 9.17) is 42.2 Å². The number of unbranched alkanes of at least 4 members (excludes halogenated alkanes) is 35. The van der Waals surface area contributed by atoms with Crippen molar-refractivity contribution in [3.63, 3.8) is 0 Å². The summed E-state index contributed by atoms with van der Waals surface area (Å²) in [6.07, 6.45) is 15.5. The molecule has 3 fully saturated rings. The van der Waals surface area contributed by atoms with Crippen LogP contribution in [0.3, 0.4) is 0 Å². The van der Waals surface area contributed by atoms with Crippen LogP contribution in [-0.4, -0.2) is 204 Å². The third-order valence-electron chi connectivity index (χ3n) is 19.9. The number of ether oxygens (including phenoxy) is 7. The fourth-order valence-corrected chi connectivity index (χ4v) is 14.3. The van der Waals surface area contributed by atoms with Crippen LogP contribution < -0.4 is 0 Å². The first-order chi connectivity index (χ1) is 48.7. The number of esters is 3. The molecule has 0 aromatic heterocycles. The fourth-order valence-electron chi connectivity index (χ4n) is 13.4. The van der Waals surface area contributed by atoms with Crippen molar-refractivity contribution in [2.45, 2.75) is 421 Å². The zero-order valence-corrected chi connectivity index (χ0v) is 63.3. The van der Waals surface area contributed by atoms with Crippen molar-refractivity contribution in [1.82, 2.24) is 0 Å². The van der Waals surface area contributed by atoms with Crippen LogP contribution in [-0.2, 0) is 61.2 Å². The summed E-state index contributed by atoms with van der Waals surface area (Å²) >= 11 is 0. The first-order valence-corrected chi connectivity index (χ1v) is 41.4. The van der Waals surface area contributed by atoms with Crippen LogP contribution in [0.4, 0.5) is 0 Å². The Labute approximate surface area is 605 Å². The molecule has 0 aromatic rings. The first kappa shape index (κ1) is 92.9. The molecule has 25 heteroatoms. The Morgan fingerprint density at radius 3 is 1.18 bits per heavy atom. The molecule has 0 aromatic carbocycles. The highest BCUT2D eigenvalue weighted by Crippen LogP contribution is 2.49. The van der Waals surface area contributed by atoms with E-state index in [1.165, 1.54) is 161 Å². The molecule has 0 amide bonds. The van der Waals surface area contributed by atoms with Gasteiger partial charge in [0, 0.05) is 19.3 Å². The average Bonchev–Trinajstić information content (AvgIpc) is 0.761. The third-order valence-corrected chi connectivity index (χ3v) is 20.9. The zero-order valence-electron chi connectivity index (χ0n) is 62.4. The van der Waals surface area contributed by atoms with Gasteiger partial charge in [0.1, 0.15) is 98.7 Å². The molecule has 19 atom stereocenters. The Hall–Kier alpha value is -2.30. The van der Waals surface area contributed by atoms with Gasteiger partial charge in [0.05, 0.1) is 13.2 Å². The van der Waals surface area contributed by atoms with E-state index in [1.807, 2.05) is 0 Å². The standard InChI is InChI=1S/C76H141O24P/c1-5-8-11-14-17-19-21-23-25-26-28-30-31-33-39-44-49-60(78)92-53-57(95-62(80)51-46-41-36-35-38-43-48-56(4)47-42-37-16-13-10-7-3)54-94-101(90,91)100-74-72(98-75-70(88)65(83)63(81)58(52-77)96-75)68(86)67(85)69(87)73(74)99-76-71(89)66(84)64(82)59(97-76)55-93-61(79)50-45-40-34-32-29-27-24-22-20-18-15-12-9-6-2/h27,29,56-59,63-77,81-89H,5-26,28,30-55H2,1-4H3,(H,90,91)/b29-27-. The van der Waals surface area contributed by atoms with Gasteiger partial charge in [-0.3, -0.25) is 23.4 Å². The molecule has 0 spiro atoms. The molecule has 0 radical (unpaired) electrons. The molecule has 24 nitrogen and oxygen atoms in total. The van der Waals surface area contributed by atoms with Gasteiger partial charge in [-0.05, 0) is 50.9 Å². The van der Waals surface area contributed by atoms with Gasteiger partial charge in [-0.25, -0.2) is 4.57 Å². The van der Waals surface area contributed by atoms with Gasteiger partial charge in [-0.1, -0.05) is 265 Å². The maximum absolute atomic E-state index is 14.4. The minimum absolute atomic E-state index is 0.00927. The van der Waals surface area contributed by atoms with Crippen LogP contribution in [0.5, 0.6) is 0 Å². The maximum Gasteiger partial charge on any atom is 0.472 e. The highest BCUT2D eigenvalue weighted by Gasteiger charge is 2.58. The molecule has 2 saturated heterocycles. The van der Waals surface area contributed by atoms with E-state index in [0.29, 0.717) is 25.2 Å². The van der Waals surface area contributed by atoms with Crippen molar-refractivity contribution in [3.8, 4) is 0 Å². The summed E-state index contributed by atoms with van der Waals surface area (Å²) in [7, 11) is -5.70. The Morgan fingerprint density at radius 1 is 0.406 bits per heavy atom. The fraction of sp³-hybridized carbons (Fsp3) is 0.934. The van der Waals surface area contributed by atoms with Crippen LogP contribution in [0.2, 0.25) is 0 Å². The normalized spacial score (nSPS) is 27.5. The monoisotopic (exact) mass is 1470 g/mol. The summed E-state index contributed by atoms with van der Waals surface area (Å²) in [4.78, 5) is 51.2. The van der Waals surface area contributed by atoms with Gasteiger partial charge in [0.15, 0.2) is 18.7 Å². The van der Waals surface area contributed by atoms with E-state index in [2.05, 4.69) is 39.8 Å². The molecule has 2 heterocycles. The second-order valence-electron chi connectivity index (χ2n) is 29.1. The van der Waals surface area contributed by atoms with Gasteiger partial charge in [0.25, 0.3) is 0 Å². The van der Waals surface area contributed by atoms with Crippen LogP contribution in [0.1, 0.15) is 317 Å². The van der Waals surface area contributed by atoms with Gasteiger partial charge in [0.2, 0.25) is 0 Å². The largest absolute Gasteiger partial charge is 0.472 e. The van der Waals surface area contributed by atoms with E-state index in [1.54, 1.807) is 0 Å². The van der Waals surface area contributed by atoms with Crippen LogP contribution in [0, 0.1) is 5.92 Å². The highest BCUT2D eigenvalue weighted by atomic mass is 31.2. The molecule has 1 saturated carbocycles. The van der Waals surface area contributed by atoms with Crippen molar-refractivity contribution in [3.05, 3.63) is 12.2 Å². The number of aliphatic hydroxyl groups excluding tert-OH is 10. The third kappa shape index (κ3) is 39.9. The van der Waals surface area contributed by atoms with Crippen LogP contribution >= 0.6 is 7.82 Å². The molecule has 19 unspecified atom stereocenters. The summed E-state index contributed by atoms with van der Waals surface area (Å²) in [6, 6.07) is 0. The van der Waals surface area contributed by atoms with E-state index >= 15 is 0 Å². The average molecular weight is 1470 g/mol. The highest BCUT2D eigenvalue weighted by molar-refractivity contribution is 7.47. The number of carbonyl (C=O) groups excluding carboxylic acids is 3. The lowest BCUT2D eigenvalue weighted by Crippen LogP contribution is -2.69. The summed E-state index contributed by atoms with van der Waals surface area (Å²) in [5.41, 5.74) is 0. The number of aliphatic hydroxyl groups is 10. The molecule has 3 rings (SSSR count). The molecule has 0 bridgehead atoms. The zero-order chi connectivity index (χ0) is 74.1. The molecule has 1 aliphatic carbocycles. The lowest BCUT2D eigenvalue weighted by atomic mass is 9.84. The number of allylic oxidation sites excluding steroid dienone is 2. The lowest BCUT2D eigenvalue weighted by molar-refractivity contribution is -0.360. The van der Waals surface area contributed by atoms with E-state index in [9.17, 15) is 74.9 Å². The first-order valence-electron chi connectivity index (χ1n) is 39.9. The summed E-state index contributed by atoms with van der Waals surface area (Å²) in [5, 5.41) is 110. The molecular formula is C76H141O24P. The number of phosphoric acid groups is 1. The van der Waals surface area contributed by atoms with E-state index in [0.717, 1.165) is 89.9 Å². The summed E-state index contributed by atoms with van der Waals surface area (Å²) in [6.45, 7) is 5.79. The Kier molecular flexibility index (Phi) is 52.4. The number of hydrogen-bond donors (Lipinski definition) is 11. The van der Waals surface area contributed by atoms with Gasteiger partial charge in [-0.2, -0.15) is 0 Å².